The Labute approximate surface area is 211 Å². The number of amides is 1. The van der Waals surface area contributed by atoms with E-state index in [1.54, 1.807) is 12.4 Å². The number of carbonyl (C=O) groups excluding carboxylic acids is 2. The molecule has 1 saturated heterocycles. The Kier molecular flexibility index (Phi) is 5.46. The molecule has 0 N–H and O–H groups in total. The molecular formula is C27H35N5O4. The fourth-order valence-corrected chi connectivity index (χ4v) is 5.23. The molecule has 0 bridgehead atoms. The highest BCUT2D eigenvalue weighted by atomic mass is 16.6. The van der Waals surface area contributed by atoms with Crippen molar-refractivity contribution in [3.05, 3.63) is 35.8 Å². The maximum absolute atomic E-state index is 12.7. The lowest BCUT2D eigenvalue weighted by Crippen LogP contribution is -2.37. The van der Waals surface area contributed by atoms with E-state index in [1.165, 1.54) is 4.57 Å². The number of fused-ring (bicyclic) bond motifs is 3. The monoisotopic (exact) mass is 493 g/mol. The molecule has 5 rings (SSSR count). The van der Waals surface area contributed by atoms with Crippen LogP contribution in [0, 0.1) is 6.92 Å². The molecule has 1 fully saturated rings. The molecule has 192 valence electrons. The number of ether oxygens (including phenoxy) is 2. The first-order chi connectivity index (χ1) is 16.7. The van der Waals surface area contributed by atoms with Gasteiger partial charge in [0.2, 0.25) is 0 Å². The van der Waals surface area contributed by atoms with Crippen molar-refractivity contribution in [2.75, 3.05) is 13.1 Å². The van der Waals surface area contributed by atoms with Crippen molar-refractivity contribution >= 4 is 23.2 Å². The van der Waals surface area contributed by atoms with E-state index in [0.717, 1.165) is 47.3 Å². The summed E-state index contributed by atoms with van der Waals surface area (Å²) in [6.45, 7) is 15.3. The minimum absolute atomic E-state index is 0.102. The fraction of sp³-hybridized carbons (Fsp3) is 0.556. The molecule has 9 heteroatoms. The van der Waals surface area contributed by atoms with Crippen LogP contribution < -0.4 is 0 Å². The third-order valence-corrected chi connectivity index (χ3v) is 6.86. The Hall–Kier alpha value is -3.36. The lowest BCUT2D eigenvalue weighted by Gasteiger charge is -2.26. The third kappa shape index (κ3) is 4.35. The Morgan fingerprint density at radius 2 is 1.64 bits per heavy atom. The van der Waals surface area contributed by atoms with Gasteiger partial charge in [0.15, 0.2) is 0 Å². The van der Waals surface area contributed by atoms with Crippen LogP contribution in [0.4, 0.5) is 9.59 Å². The Bertz CT molecular complexity index is 1360. The molecule has 1 atom stereocenters. The normalized spacial score (nSPS) is 19.8. The van der Waals surface area contributed by atoms with Gasteiger partial charge in [-0.25, -0.2) is 19.1 Å². The molecule has 5 heterocycles. The van der Waals surface area contributed by atoms with Crippen LogP contribution in [0.15, 0.2) is 24.5 Å². The van der Waals surface area contributed by atoms with Crippen molar-refractivity contribution in [2.45, 2.75) is 84.5 Å². The van der Waals surface area contributed by atoms with Crippen LogP contribution in [0.1, 0.15) is 65.6 Å². The number of hydrogen-bond acceptors (Lipinski definition) is 6. The number of likely N-dealkylation sites (tertiary alicyclic amines) is 1. The van der Waals surface area contributed by atoms with Gasteiger partial charge in [-0.15, -0.1) is 0 Å². The molecule has 2 aliphatic rings. The molecule has 1 spiro atoms. The highest BCUT2D eigenvalue weighted by molar-refractivity contribution is 5.91. The van der Waals surface area contributed by atoms with E-state index in [1.807, 2.05) is 59.4 Å². The summed E-state index contributed by atoms with van der Waals surface area (Å²) in [7, 11) is 0. The van der Waals surface area contributed by atoms with Gasteiger partial charge in [-0.2, -0.15) is 5.10 Å². The predicted octanol–water partition coefficient (Wildman–Crippen LogP) is 5.27. The lowest BCUT2D eigenvalue weighted by atomic mass is 9.82. The maximum atomic E-state index is 12.7. The SMILES string of the molecule is Cc1cn(C(=O)OC(C)(C)C)c2ncc(-c3cc4n(n3)CCC43CCN(C(=O)OC(C)(C)C)C3)cc12. The smallest absolute Gasteiger partial charge is 0.420 e. The van der Waals surface area contributed by atoms with E-state index in [4.69, 9.17) is 14.6 Å². The van der Waals surface area contributed by atoms with E-state index in [9.17, 15) is 9.59 Å². The lowest BCUT2D eigenvalue weighted by molar-refractivity contribution is 0.0283. The first kappa shape index (κ1) is 24.3. The number of hydrogen-bond donors (Lipinski definition) is 0. The summed E-state index contributed by atoms with van der Waals surface area (Å²) >= 11 is 0. The summed E-state index contributed by atoms with van der Waals surface area (Å²) in [5.74, 6) is 0. The number of rotatable bonds is 1. The average molecular weight is 494 g/mol. The van der Waals surface area contributed by atoms with Crippen LogP contribution in [0.5, 0.6) is 0 Å². The topological polar surface area (TPSA) is 91.5 Å². The molecule has 0 aromatic carbocycles. The molecule has 2 aliphatic heterocycles. The van der Waals surface area contributed by atoms with Crippen molar-refractivity contribution in [2.24, 2.45) is 0 Å². The minimum Gasteiger partial charge on any atom is -0.444 e. The Morgan fingerprint density at radius 3 is 2.33 bits per heavy atom. The van der Waals surface area contributed by atoms with Crippen LogP contribution >= 0.6 is 0 Å². The van der Waals surface area contributed by atoms with E-state index >= 15 is 0 Å². The second-order valence-corrected chi connectivity index (χ2v) is 12.1. The van der Waals surface area contributed by atoms with E-state index in [0.29, 0.717) is 18.7 Å². The quantitative estimate of drug-likeness (QED) is 0.458. The fourth-order valence-electron chi connectivity index (χ4n) is 5.23. The van der Waals surface area contributed by atoms with Gasteiger partial charge in [0.25, 0.3) is 0 Å². The van der Waals surface area contributed by atoms with Crippen molar-refractivity contribution < 1.29 is 19.1 Å². The van der Waals surface area contributed by atoms with Gasteiger partial charge in [0.05, 0.1) is 5.69 Å². The summed E-state index contributed by atoms with van der Waals surface area (Å²) in [5.41, 5.74) is 3.21. The van der Waals surface area contributed by atoms with Crippen LogP contribution in [0.2, 0.25) is 0 Å². The first-order valence-corrected chi connectivity index (χ1v) is 12.5. The maximum Gasteiger partial charge on any atom is 0.420 e. The van der Waals surface area contributed by atoms with E-state index in [2.05, 4.69) is 15.7 Å². The van der Waals surface area contributed by atoms with Gasteiger partial charge in [0, 0.05) is 54.1 Å². The second kappa shape index (κ2) is 8.08. The largest absolute Gasteiger partial charge is 0.444 e. The number of nitrogens with zero attached hydrogens (tertiary/aromatic N) is 5. The zero-order valence-electron chi connectivity index (χ0n) is 22.2. The number of carbonyl (C=O) groups is 2. The number of pyridine rings is 1. The summed E-state index contributed by atoms with van der Waals surface area (Å²) < 4.78 is 14.7. The third-order valence-electron chi connectivity index (χ3n) is 6.86. The van der Waals surface area contributed by atoms with Gasteiger partial charge in [-0.1, -0.05) is 0 Å². The van der Waals surface area contributed by atoms with Gasteiger partial charge in [0.1, 0.15) is 16.8 Å². The molecule has 9 nitrogen and oxygen atoms in total. The molecule has 1 unspecified atom stereocenters. The summed E-state index contributed by atoms with van der Waals surface area (Å²) in [4.78, 5) is 31.8. The molecule has 0 aliphatic carbocycles. The van der Waals surface area contributed by atoms with Crippen LogP contribution in [-0.2, 0) is 21.4 Å². The predicted molar refractivity (Wildman–Crippen MR) is 136 cm³/mol. The van der Waals surface area contributed by atoms with Crippen LogP contribution in [0.3, 0.4) is 0 Å². The number of aryl methyl sites for hydroxylation is 2. The number of aromatic nitrogens is 4. The van der Waals surface area contributed by atoms with Gasteiger partial charge < -0.3 is 14.4 Å². The Morgan fingerprint density at radius 1 is 0.972 bits per heavy atom. The van der Waals surface area contributed by atoms with E-state index < -0.39 is 17.3 Å². The molecule has 36 heavy (non-hydrogen) atoms. The summed E-state index contributed by atoms with van der Waals surface area (Å²) in [6, 6.07) is 4.17. The van der Waals surface area contributed by atoms with Gasteiger partial charge in [-0.3, -0.25) is 4.68 Å². The molecule has 0 radical (unpaired) electrons. The van der Waals surface area contributed by atoms with Crippen molar-refractivity contribution in [1.82, 2.24) is 24.2 Å². The molecule has 1 amide bonds. The van der Waals surface area contributed by atoms with Gasteiger partial charge >= 0.3 is 12.2 Å². The zero-order valence-corrected chi connectivity index (χ0v) is 22.2. The van der Waals surface area contributed by atoms with Crippen LogP contribution in [-0.4, -0.2) is 60.7 Å². The second-order valence-electron chi connectivity index (χ2n) is 12.1. The van der Waals surface area contributed by atoms with Crippen LogP contribution in [0.25, 0.3) is 22.3 Å². The van der Waals surface area contributed by atoms with Gasteiger partial charge in [-0.05, 0) is 79.0 Å². The minimum atomic E-state index is -0.590. The van der Waals surface area contributed by atoms with E-state index in [-0.39, 0.29) is 11.5 Å². The first-order valence-electron chi connectivity index (χ1n) is 12.5. The standard InChI is InChI=1S/C27H35N5O4/c1-17-15-31(24(34)36-26(5,6)7)22-19(17)12-18(14-28-22)20-13-21-27(9-11-32(21)29-20)8-10-30(16-27)23(33)35-25(2,3)4/h12-15H,8-11,16H2,1-7H3. The molecule has 3 aromatic rings. The highest BCUT2D eigenvalue weighted by Crippen LogP contribution is 2.44. The van der Waals surface area contributed by atoms with Crippen molar-refractivity contribution in [3.63, 3.8) is 0 Å². The van der Waals surface area contributed by atoms with Crippen molar-refractivity contribution in [1.29, 1.82) is 0 Å². The highest BCUT2D eigenvalue weighted by Gasteiger charge is 2.47. The Balaban J connectivity index is 1.41. The summed E-state index contributed by atoms with van der Waals surface area (Å²) in [6.07, 6.45) is 4.68. The molecule has 0 saturated carbocycles. The van der Waals surface area contributed by atoms with Crippen molar-refractivity contribution in [3.8, 4) is 11.3 Å². The summed E-state index contributed by atoms with van der Waals surface area (Å²) in [5, 5.41) is 5.77. The molecular weight excluding hydrogens is 458 g/mol. The average Bonchev–Trinajstić information content (AvgIpc) is 3.51. The zero-order chi connectivity index (χ0) is 26.0. The molecule has 3 aromatic heterocycles.